The van der Waals surface area contributed by atoms with Crippen LogP contribution in [0.25, 0.3) is 0 Å². The highest BCUT2D eigenvalue weighted by Crippen LogP contribution is 2.33. The molecule has 1 aliphatic rings. The summed E-state index contributed by atoms with van der Waals surface area (Å²) in [6.07, 6.45) is 1.91. The number of piperidine rings is 1. The topological polar surface area (TPSA) is 113 Å². The average Bonchev–Trinajstić information content (AvgIpc) is 2.69. The van der Waals surface area contributed by atoms with E-state index in [1.54, 1.807) is 6.07 Å². The van der Waals surface area contributed by atoms with Crippen molar-refractivity contribution in [1.82, 2.24) is 0 Å². The summed E-state index contributed by atoms with van der Waals surface area (Å²) in [6, 6.07) is 8.25. The zero-order chi connectivity index (χ0) is 21.1. The number of aromatic carboxylic acids is 1. The highest BCUT2D eigenvalue weighted by atomic mass is 35.5. The van der Waals surface area contributed by atoms with E-state index in [0.29, 0.717) is 11.6 Å². The molecule has 152 valence electrons. The number of nitro benzene ring substituents is 1. The summed E-state index contributed by atoms with van der Waals surface area (Å²) in [5.74, 6) is -1.19. The number of carboxylic acid groups (broad SMARTS) is 1. The van der Waals surface area contributed by atoms with Crippen LogP contribution in [-0.2, 0) is 0 Å². The summed E-state index contributed by atoms with van der Waals surface area (Å²) in [6.45, 7) is 3.61. The number of halogens is 1. The second-order valence-corrected chi connectivity index (χ2v) is 7.49. The Morgan fingerprint density at radius 2 is 1.83 bits per heavy atom. The van der Waals surface area contributed by atoms with Crippen LogP contribution >= 0.6 is 11.6 Å². The lowest BCUT2D eigenvalue weighted by Gasteiger charge is -2.31. The van der Waals surface area contributed by atoms with Gasteiger partial charge in [-0.05, 0) is 49.1 Å². The van der Waals surface area contributed by atoms with Crippen molar-refractivity contribution < 1.29 is 19.6 Å². The van der Waals surface area contributed by atoms with Crippen LogP contribution in [0.3, 0.4) is 0 Å². The van der Waals surface area contributed by atoms with E-state index >= 15 is 0 Å². The quantitative estimate of drug-likeness (QED) is 0.549. The SMILES string of the molecule is CC1CCN(c2ccc(C(=O)Nc3cc(C(=O)O)ccc3Cl)cc2[N+](=O)[O-])CC1. The predicted octanol–water partition coefficient (Wildman–Crippen LogP) is 4.44. The van der Waals surface area contributed by atoms with E-state index in [2.05, 4.69) is 12.2 Å². The van der Waals surface area contributed by atoms with Gasteiger partial charge in [-0.3, -0.25) is 14.9 Å². The van der Waals surface area contributed by atoms with Gasteiger partial charge in [0.05, 0.1) is 21.2 Å². The van der Waals surface area contributed by atoms with Crippen LogP contribution in [0.15, 0.2) is 36.4 Å². The van der Waals surface area contributed by atoms with Crippen LogP contribution < -0.4 is 10.2 Å². The molecule has 0 atom stereocenters. The fourth-order valence-corrected chi connectivity index (χ4v) is 3.44. The van der Waals surface area contributed by atoms with E-state index in [9.17, 15) is 19.7 Å². The lowest BCUT2D eigenvalue weighted by atomic mass is 9.98. The number of carbonyl (C=O) groups is 2. The lowest BCUT2D eigenvalue weighted by Crippen LogP contribution is -2.33. The number of hydrogen-bond donors (Lipinski definition) is 2. The molecular weight excluding hydrogens is 398 g/mol. The van der Waals surface area contributed by atoms with Crippen LogP contribution in [-0.4, -0.2) is 35.0 Å². The molecule has 8 nitrogen and oxygen atoms in total. The highest BCUT2D eigenvalue weighted by molar-refractivity contribution is 6.34. The standard InChI is InChI=1S/C20H20ClN3O5/c1-12-6-8-23(9-7-12)17-5-3-13(11-18(17)24(28)29)19(25)22-16-10-14(20(26)27)2-4-15(16)21/h2-5,10-12H,6-9H2,1H3,(H,22,25)(H,26,27). The number of nitrogens with zero attached hydrogens (tertiary/aromatic N) is 2. The molecule has 0 radical (unpaired) electrons. The fourth-order valence-electron chi connectivity index (χ4n) is 3.28. The summed E-state index contributed by atoms with van der Waals surface area (Å²) in [7, 11) is 0. The van der Waals surface area contributed by atoms with Crippen LogP contribution in [0, 0.1) is 16.0 Å². The van der Waals surface area contributed by atoms with Crippen LogP contribution in [0.4, 0.5) is 17.1 Å². The van der Waals surface area contributed by atoms with Gasteiger partial charge in [0.2, 0.25) is 0 Å². The Bertz CT molecular complexity index is 971. The molecule has 29 heavy (non-hydrogen) atoms. The molecule has 1 fully saturated rings. The smallest absolute Gasteiger partial charge is 0.335 e. The molecule has 0 aromatic heterocycles. The minimum Gasteiger partial charge on any atom is -0.478 e. The molecule has 9 heteroatoms. The molecule has 0 spiro atoms. The van der Waals surface area contributed by atoms with E-state index in [1.807, 2.05) is 4.90 Å². The van der Waals surface area contributed by atoms with Gasteiger partial charge in [-0.25, -0.2) is 4.79 Å². The Morgan fingerprint density at radius 1 is 1.17 bits per heavy atom. The molecular formula is C20H20ClN3O5. The number of nitro groups is 1. The number of amides is 1. The van der Waals surface area contributed by atoms with Crippen LogP contribution in [0.1, 0.15) is 40.5 Å². The average molecular weight is 418 g/mol. The molecule has 1 saturated heterocycles. The molecule has 1 amide bonds. The number of benzene rings is 2. The maximum atomic E-state index is 12.6. The summed E-state index contributed by atoms with van der Waals surface area (Å²) < 4.78 is 0. The van der Waals surface area contributed by atoms with Gasteiger partial charge >= 0.3 is 5.97 Å². The molecule has 2 N–H and O–H groups in total. The first-order chi connectivity index (χ1) is 13.8. The first-order valence-electron chi connectivity index (χ1n) is 9.14. The van der Waals surface area contributed by atoms with Crippen molar-refractivity contribution in [2.45, 2.75) is 19.8 Å². The summed E-state index contributed by atoms with van der Waals surface area (Å²) in [5, 5.41) is 23.4. The molecule has 0 aliphatic carbocycles. The van der Waals surface area contributed by atoms with Crippen molar-refractivity contribution in [3.63, 3.8) is 0 Å². The first kappa shape index (κ1) is 20.6. The first-order valence-corrected chi connectivity index (χ1v) is 9.51. The highest BCUT2D eigenvalue weighted by Gasteiger charge is 2.25. The van der Waals surface area contributed by atoms with Gasteiger partial charge in [0.1, 0.15) is 5.69 Å². The minimum absolute atomic E-state index is 0.0367. The fraction of sp³-hybridized carbons (Fsp3) is 0.300. The van der Waals surface area contributed by atoms with Gasteiger partial charge in [0.25, 0.3) is 11.6 Å². The van der Waals surface area contributed by atoms with Gasteiger partial charge < -0.3 is 15.3 Å². The third kappa shape index (κ3) is 4.65. The monoisotopic (exact) mass is 417 g/mol. The molecule has 1 aliphatic heterocycles. The van der Waals surface area contributed by atoms with E-state index in [0.717, 1.165) is 25.9 Å². The molecule has 0 unspecified atom stereocenters. The van der Waals surface area contributed by atoms with Crippen molar-refractivity contribution in [2.75, 3.05) is 23.3 Å². The normalized spacial score (nSPS) is 14.5. The van der Waals surface area contributed by atoms with Crippen molar-refractivity contribution in [1.29, 1.82) is 0 Å². The molecule has 0 saturated carbocycles. The molecule has 0 bridgehead atoms. The largest absolute Gasteiger partial charge is 0.478 e. The van der Waals surface area contributed by atoms with Crippen LogP contribution in [0.2, 0.25) is 5.02 Å². The predicted molar refractivity (Wildman–Crippen MR) is 110 cm³/mol. The van der Waals surface area contributed by atoms with E-state index < -0.39 is 16.8 Å². The van der Waals surface area contributed by atoms with Gasteiger partial charge in [0, 0.05) is 24.7 Å². The van der Waals surface area contributed by atoms with Crippen molar-refractivity contribution in [3.05, 3.63) is 62.7 Å². The molecule has 1 heterocycles. The molecule has 2 aromatic carbocycles. The van der Waals surface area contributed by atoms with Gasteiger partial charge in [-0.1, -0.05) is 18.5 Å². The number of anilines is 2. The van der Waals surface area contributed by atoms with Crippen molar-refractivity contribution >= 4 is 40.5 Å². The summed E-state index contributed by atoms with van der Waals surface area (Å²) >= 11 is 6.03. The number of rotatable bonds is 5. The number of nitrogens with one attached hydrogen (secondary N) is 1. The summed E-state index contributed by atoms with van der Waals surface area (Å²) in [5.41, 5.74) is 0.517. The Kier molecular flexibility index (Phi) is 6.03. The van der Waals surface area contributed by atoms with Gasteiger partial charge in [-0.15, -0.1) is 0 Å². The lowest BCUT2D eigenvalue weighted by molar-refractivity contribution is -0.384. The van der Waals surface area contributed by atoms with Gasteiger partial charge in [-0.2, -0.15) is 0 Å². The molecule has 3 rings (SSSR count). The van der Waals surface area contributed by atoms with Crippen molar-refractivity contribution in [3.8, 4) is 0 Å². The van der Waals surface area contributed by atoms with Crippen molar-refractivity contribution in [2.24, 2.45) is 5.92 Å². The number of carboxylic acids is 1. The number of hydrogen-bond acceptors (Lipinski definition) is 5. The summed E-state index contributed by atoms with van der Waals surface area (Å²) in [4.78, 5) is 36.8. The maximum absolute atomic E-state index is 12.6. The Hall–Kier alpha value is -3.13. The van der Waals surface area contributed by atoms with Crippen LogP contribution in [0.5, 0.6) is 0 Å². The maximum Gasteiger partial charge on any atom is 0.335 e. The zero-order valence-corrected chi connectivity index (χ0v) is 16.5. The Labute approximate surface area is 172 Å². The minimum atomic E-state index is -1.16. The Balaban J connectivity index is 1.86. The zero-order valence-electron chi connectivity index (χ0n) is 15.7. The van der Waals surface area contributed by atoms with E-state index in [-0.39, 0.29) is 27.5 Å². The second-order valence-electron chi connectivity index (χ2n) is 7.08. The number of carbonyl (C=O) groups excluding carboxylic acids is 1. The second kappa shape index (κ2) is 8.48. The van der Waals surface area contributed by atoms with E-state index in [1.165, 1.54) is 30.3 Å². The Morgan fingerprint density at radius 3 is 2.45 bits per heavy atom. The molecule has 2 aromatic rings. The third-order valence-corrected chi connectivity index (χ3v) is 5.35. The van der Waals surface area contributed by atoms with E-state index in [4.69, 9.17) is 16.7 Å². The third-order valence-electron chi connectivity index (χ3n) is 5.02. The van der Waals surface area contributed by atoms with Gasteiger partial charge in [0.15, 0.2) is 0 Å².